The van der Waals surface area contributed by atoms with Crippen molar-refractivity contribution in [2.45, 2.75) is 63.3 Å². The van der Waals surface area contributed by atoms with Crippen LogP contribution >= 0.6 is 12.6 Å². The van der Waals surface area contributed by atoms with Crippen LogP contribution in [0.25, 0.3) is 0 Å². The summed E-state index contributed by atoms with van der Waals surface area (Å²) in [7, 11) is -2.51. The molecule has 2 amide bonds. The van der Waals surface area contributed by atoms with E-state index < -0.39 is 39.3 Å². The molecule has 0 radical (unpaired) electrons. The molecule has 1 atom stereocenters. The molecule has 0 aliphatic carbocycles. The van der Waals surface area contributed by atoms with E-state index in [1.54, 1.807) is 0 Å². The molecule has 176 valence electrons. The minimum atomic E-state index is -4.44. The maximum Gasteiger partial charge on any atom is 0.267 e. The number of nitrogens with zero attached hydrogens (tertiary/aromatic N) is 2. The van der Waals surface area contributed by atoms with Gasteiger partial charge in [0.25, 0.3) is 10.1 Å². The van der Waals surface area contributed by atoms with Gasteiger partial charge in [0.1, 0.15) is 11.8 Å². The van der Waals surface area contributed by atoms with Crippen molar-refractivity contribution in [1.29, 1.82) is 0 Å². The van der Waals surface area contributed by atoms with Gasteiger partial charge in [-0.2, -0.15) is 21.0 Å². The van der Waals surface area contributed by atoms with Gasteiger partial charge in [-0.05, 0) is 33.7 Å². The molecule has 1 aliphatic rings. The van der Waals surface area contributed by atoms with Gasteiger partial charge < -0.3 is 19.9 Å². The fourth-order valence-electron chi connectivity index (χ4n) is 2.96. The molecule has 0 spiro atoms. The van der Waals surface area contributed by atoms with Gasteiger partial charge in [0.05, 0.1) is 5.60 Å². The molecule has 0 aromatic heterocycles. The summed E-state index contributed by atoms with van der Waals surface area (Å²) >= 11 is 4.46. The summed E-state index contributed by atoms with van der Waals surface area (Å²) in [6.07, 6.45) is 1.21. The molecule has 0 bridgehead atoms. The Kier molecular flexibility index (Phi) is 10.1. The number of rotatable bonds is 11. The van der Waals surface area contributed by atoms with Crippen molar-refractivity contribution < 1.29 is 27.3 Å². The van der Waals surface area contributed by atoms with E-state index in [2.05, 4.69) is 22.8 Å². The van der Waals surface area contributed by atoms with Gasteiger partial charge in [-0.3, -0.25) is 14.1 Å². The quantitative estimate of drug-likeness (QED) is 0.304. The molecule has 9 nitrogen and oxygen atoms in total. The minimum Gasteiger partial charge on any atom is -0.376 e. The van der Waals surface area contributed by atoms with Crippen molar-refractivity contribution in [2.24, 2.45) is 0 Å². The molecular weight excluding hydrogens is 430 g/mol. The Morgan fingerprint density at radius 1 is 1.13 bits per heavy atom. The highest BCUT2D eigenvalue weighted by atomic mass is 32.2. The predicted molar refractivity (Wildman–Crippen MR) is 119 cm³/mol. The van der Waals surface area contributed by atoms with Crippen LogP contribution in [0, 0.1) is 0 Å². The van der Waals surface area contributed by atoms with Crippen molar-refractivity contribution in [1.82, 2.24) is 15.1 Å². The molecule has 1 aliphatic heterocycles. The molecule has 2 N–H and O–H groups in total. The number of hydrogen-bond donors (Lipinski definition) is 3. The molecule has 1 heterocycles. The maximum atomic E-state index is 12.7. The molecule has 1 saturated heterocycles. The molecule has 1 unspecified atom stereocenters. The monoisotopic (exact) mass is 467 g/mol. The molecule has 0 saturated carbocycles. The second-order valence-corrected chi connectivity index (χ2v) is 11.9. The van der Waals surface area contributed by atoms with Crippen LogP contribution < -0.4 is 5.32 Å². The number of carbonyl (C=O) groups is 2. The molecule has 1 rings (SSSR count). The number of amides is 2. The highest BCUT2D eigenvalue weighted by Crippen LogP contribution is 2.21. The van der Waals surface area contributed by atoms with Gasteiger partial charge in [-0.15, -0.1) is 0 Å². The first-order valence-corrected chi connectivity index (χ1v) is 12.2. The number of hydrogen-bond acceptors (Lipinski definition) is 7. The van der Waals surface area contributed by atoms with E-state index in [1.165, 1.54) is 4.90 Å². The van der Waals surface area contributed by atoms with Gasteiger partial charge in [-0.1, -0.05) is 13.8 Å². The first-order valence-electron chi connectivity index (χ1n) is 10.2. The standard InChI is InChI=1S/C19H37N3O6S2/c1-18(2,28-13-8-19(3,4)29)7-6-16(23)20-15(14-30(25,26)27)17(24)22-11-9-21(5)10-12-22/h15,29H,6-14H2,1-5H3,(H,20,23)(H,25,26,27). The summed E-state index contributed by atoms with van der Waals surface area (Å²) < 4.78 is 37.7. The van der Waals surface area contributed by atoms with Crippen molar-refractivity contribution in [3.8, 4) is 0 Å². The Labute approximate surface area is 186 Å². The largest absolute Gasteiger partial charge is 0.376 e. The van der Waals surface area contributed by atoms with E-state index in [4.69, 9.17) is 4.74 Å². The van der Waals surface area contributed by atoms with E-state index in [-0.39, 0.29) is 11.2 Å². The zero-order valence-electron chi connectivity index (χ0n) is 18.7. The normalized spacial score (nSPS) is 17.6. The van der Waals surface area contributed by atoms with Crippen LogP contribution in [0.15, 0.2) is 0 Å². The van der Waals surface area contributed by atoms with Gasteiger partial charge in [0, 0.05) is 44.0 Å². The average molecular weight is 468 g/mol. The SMILES string of the molecule is CN1CCN(C(=O)C(CS(=O)(=O)O)NC(=O)CCC(C)(C)OCCC(C)(C)S)CC1. The van der Waals surface area contributed by atoms with Crippen LogP contribution in [0.3, 0.4) is 0 Å². The first-order chi connectivity index (χ1) is 13.6. The third-order valence-electron chi connectivity index (χ3n) is 4.99. The molecular formula is C19H37N3O6S2. The minimum absolute atomic E-state index is 0.0647. The zero-order chi connectivity index (χ0) is 23.2. The molecule has 0 aromatic rings. The zero-order valence-corrected chi connectivity index (χ0v) is 20.4. The summed E-state index contributed by atoms with van der Waals surface area (Å²) in [5.74, 6) is -1.81. The van der Waals surface area contributed by atoms with Crippen LogP contribution in [0.1, 0.15) is 47.0 Å². The first kappa shape index (κ1) is 27.2. The smallest absolute Gasteiger partial charge is 0.267 e. The fraction of sp³-hybridized carbons (Fsp3) is 0.895. The topological polar surface area (TPSA) is 116 Å². The number of piperazine rings is 1. The van der Waals surface area contributed by atoms with Crippen LogP contribution in [0.4, 0.5) is 0 Å². The van der Waals surface area contributed by atoms with Crippen molar-refractivity contribution in [2.75, 3.05) is 45.6 Å². The van der Waals surface area contributed by atoms with E-state index >= 15 is 0 Å². The second kappa shape index (κ2) is 11.1. The second-order valence-electron chi connectivity index (χ2n) is 9.17. The summed E-state index contributed by atoms with van der Waals surface area (Å²) in [5, 5.41) is 2.48. The number of ether oxygens (including phenoxy) is 1. The molecule has 0 aromatic carbocycles. The summed E-state index contributed by atoms with van der Waals surface area (Å²) in [6, 6.07) is -1.31. The summed E-state index contributed by atoms with van der Waals surface area (Å²) in [6.45, 7) is 10.4. The fourth-order valence-corrected chi connectivity index (χ4v) is 3.70. The number of thiol groups is 1. The van der Waals surface area contributed by atoms with Crippen molar-refractivity contribution >= 4 is 34.6 Å². The average Bonchev–Trinajstić information content (AvgIpc) is 2.57. The van der Waals surface area contributed by atoms with E-state index in [1.807, 2.05) is 34.7 Å². The van der Waals surface area contributed by atoms with Gasteiger partial charge in [-0.25, -0.2) is 0 Å². The van der Waals surface area contributed by atoms with Crippen molar-refractivity contribution in [3.05, 3.63) is 0 Å². The van der Waals surface area contributed by atoms with Crippen LogP contribution in [-0.2, 0) is 24.4 Å². The van der Waals surface area contributed by atoms with Crippen LogP contribution in [0.2, 0.25) is 0 Å². The van der Waals surface area contributed by atoms with Gasteiger partial charge >= 0.3 is 0 Å². The lowest BCUT2D eigenvalue weighted by Crippen LogP contribution is -2.56. The van der Waals surface area contributed by atoms with E-state index in [0.717, 1.165) is 6.42 Å². The molecule has 1 fully saturated rings. The predicted octanol–water partition coefficient (Wildman–Crippen LogP) is 0.807. The third-order valence-corrected chi connectivity index (χ3v) is 5.96. The van der Waals surface area contributed by atoms with Crippen molar-refractivity contribution in [3.63, 3.8) is 0 Å². The Balaban J connectivity index is 2.63. The summed E-state index contributed by atoms with van der Waals surface area (Å²) in [4.78, 5) is 28.7. The van der Waals surface area contributed by atoms with Crippen LogP contribution in [-0.4, -0.2) is 96.6 Å². The highest BCUT2D eigenvalue weighted by Gasteiger charge is 2.32. The summed E-state index contributed by atoms with van der Waals surface area (Å²) in [5.41, 5.74) is -0.559. The Bertz CT molecular complexity index is 683. The molecule has 11 heteroatoms. The van der Waals surface area contributed by atoms with Gasteiger partial charge in [0.2, 0.25) is 11.8 Å². The lowest BCUT2D eigenvalue weighted by molar-refractivity contribution is -0.137. The van der Waals surface area contributed by atoms with E-state index in [9.17, 15) is 22.6 Å². The van der Waals surface area contributed by atoms with E-state index in [0.29, 0.717) is 39.2 Å². The maximum absolute atomic E-state index is 12.7. The lowest BCUT2D eigenvalue weighted by atomic mass is 10.0. The lowest BCUT2D eigenvalue weighted by Gasteiger charge is -2.34. The number of likely N-dealkylation sites (N-methyl/N-ethyl adjacent to an activating group) is 1. The Hall–Kier alpha value is -0.880. The molecule has 30 heavy (non-hydrogen) atoms. The van der Waals surface area contributed by atoms with Gasteiger partial charge in [0.15, 0.2) is 0 Å². The third kappa shape index (κ3) is 11.5. The number of nitrogens with one attached hydrogen (secondary N) is 1. The Morgan fingerprint density at radius 2 is 1.70 bits per heavy atom. The highest BCUT2D eigenvalue weighted by molar-refractivity contribution is 7.85. The van der Waals surface area contributed by atoms with Crippen LogP contribution in [0.5, 0.6) is 0 Å². The number of carbonyl (C=O) groups excluding carboxylic acids is 2. The Morgan fingerprint density at radius 3 is 2.20 bits per heavy atom.